The van der Waals surface area contributed by atoms with Crippen LogP contribution < -0.4 is 10.6 Å². The number of rotatable bonds is 5. The lowest BCUT2D eigenvalue weighted by atomic mass is 10.1. The van der Waals surface area contributed by atoms with E-state index in [0.29, 0.717) is 5.92 Å². The van der Waals surface area contributed by atoms with E-state index in [1.54, 1.807) is 11.3 Å². The van der Waals surface area contributed by atoms with E-state index in [0.717, 1.165) is 37.6 Å². The molecule has 0 bridgehead atoms. The Balaban J connectivity index is 0.00000144. The molecule has 1 aliphatic heterocycles. The van der Waals surface area contributed by atoms with E-state index >= 15 is 0 Å². The average molecular weight is 278 g/mol. The third-order valence-electron chi connectivity index (χ3n) is 2.94. The Morgan fingerprint density at radius 3 is 3.00 bits per heavy atom. The topological polar surface area (TPSA) is 57.2 Å². The first-order valence-electron chi connectivity index (χ1n) is 5.82. The van der Waals surface area contributed by atoms with Gasteiger partial charge in [-0.15, -0.1) is 23.7 Å². The van der Waals surface area contributed by atoms with Crippen LogP contribution in [0, 0.1) is 5.92 Å². The van der Waals surface area contributed by atoms with Gasteiger partial charge in [-0.05, 0) is 6.42 Å². The number of aliphatic hydroxyl groups excluding tert-OH is 1. The Morgan fingerprint density at radius 1 is 1.59 bits per heavy atom. The number of β-amino-alcohol motifs (C(OH)–C–C–N with tert-alkyl or cyclic N) is 1. The maximum absolute atomic E-state index is 9.61. The molecule has 1 saturated heterocycles. The summed E-state index contributed by atoms with van der Waals surface area (Å²) in [7, 11) is 0. The van der Waals surface area contributed by atoms with Crippen molar-refractivity contribution in [2.45, 2.75) is 26.0 Å². The molecule has 0 amide bonds. The molecule has 0 aliphatic carbocycles. The van der Waals surface area contributed by atoms with Gasteiger partial charge >= 0.3 is 0 Å². The number of aliphatic hydroxyl groups is 1. The fourth-order valence-corrected chi connectivity index (χ4v) is 2.72. The van der Waals surface area contributed by atoms with Crippen LogP contribution in [0.25, 0.3) is 0 Å². The third kappa shape index (κ3) is 4.19. The van der Waals surface area contributed by atoms with Gasteiger partial charge < -0.3 is 15.7 Å². The summed E-state index contributed by atoms with van der Waals surface area (Å²) in [5.41, 5.74) is 0. The van der Waals surface area contributed by atoms with Crippen LogP contribution in [0.4, 0.5) is 0 Å². The fourth-order valence-electron chi connectivity index (χ4n) is 1.89. The van der Waals surface area contributed by atoms with Gasteiger partial charge in [-0.1, -0.05) is 6.92 Å². The molecule has 2 unspecified atom stereocenters. The van der Waals surface area contributed by atoms with Gasteiger partial charge in [0.1, 0.15) is 5.01 Å². The normalized spacial score (nSPS) is 23.6. The summed E-state index contributed by atoms with van der Waals surface area (Å²) in [5, 5.41) is 17.3. The fraction of sp³-hybridized carbons (Fsp3) is 0.727. The molecule has 98 valence electrons. The average Bonchev–Trinajstić information content (AvgIpc) is 2.89. The zero-order chi connectivity index (χ0) is 11.4. The van der Waals surface area contributed by atoms with Crippen LogP contribution in [0.1, 0.15) is 16.8 Å². The van der Waals surface area contributed by atoms with Crippen molar-refractivity contribution >= 4 is 23.7 Å². The molecule has 1 aromatic heterocycles. The lowest BCUT2D eigenvalue weighted by Gasteiger charge is -2.13. The quantitative estimate of drug-likeness (QED) is 0.745. The highest BCUT2D eigenvalue weighted by Crippen LogP contribution is 2.13. The van der Waals surface area contributed by atoms with E-state index in [1.165, 1.54) is 4.88 Å². The zero-order valence-corrected chi connectivity index (χ0v) is 11.6. The molecule has 0 radical (unpaired) electrons. The predicted octanol–water partition coefficient (Wildman–Crippen LogP) is 0.797. The summed E-state index contributed by atoms with van der Waals surface area (Å²) in [6, 6.07) is 0. The van der Waals surface area contributed by atoms with Crippen LogP contribution >= 0.6 is 23.7 Å². The summed E-state index contributed by atoms with van der Waals surface area (Å²) in [5.74, 6) is 0.339. The van der Waals surface area contributed by atoms with Crippen molar-refractivity contribution in [2.75, 3.05) is 19.6 Å². The molecule has 1 aromatic rings. The van der Waals surface area contributed by atoms with Crippen molar-refractivity contribution in [3.63, 3.8) is 0 Å². The number of nitrogens with one attached hydrogen (secondary N) is 2. The molecule has 1 fully saturated rings. The summed E-state index contributed by atoms with van der Waals surface area (Å²) < 4.78 is 0. The zero-order valence-electron chi connectivity index (χ0n) is 9.98. The Morgan fingerprint density at radius 2 is 2.41 bits per heavy atom. The van der Waals surface area contributed by atoms with Crippen molar-refractivity contribution in [3.8, 4) is 0 Å². The minimum absolute atomic E-state index is 0. The smallest absolute Gasteiger partial charge is 0.107 e. The lowest BCUT2D eigenvalue weighted by Crippen LogP contribution is -2.30. The van der Waals surface area contributed by atoms with Gasteiger partial charge in [0.2, 0.25) is 0 Å². The summed E-state index contributed by atoms with van der Waals surface area (Å²) in [4.78, 5) is 5.68. The highest BCUT2D eigenvalue weighted by atomic mass is 35.5. The van der Waals surface area contributed by atoms with Crippen molar-refractivity contribution in [2.24, 2.45) is 5.92 Å². The van der Waals surface area contributed by atoms with E-state index in [4.69, 9.17) is 0 Å². The number of aromatic nitrogens is 1. The van der Waals surface area contributed by atoms with Gasteiger partial charge in [0.15, 0.2) is 0 Å². The van der Waals surface area contributed by atoms with E-state index < -0.39 is 0 Å². The molecule has 1 aliphatic rings. The van der Waals surface area contributed by atoms with Crippen LogP contribution in [-0.4, -0.2) is 35.8 Å². The number of aryl methyl sites for hydroxylation is 1. The Kier molecular flexibility index (Phi) is 6.37. The van der Waals surface area contributed by atoms with E-state index in [2.05, 4.69) is 22.5 Å². The van der Waals surface area contributed by atoms with Crippen molar-refractivity contribution in [1.29, 1.82) is 0 Å². The molecule has 4 nitrogen and oxygen atoms in total. The molecule has 2 rings (SSSR count). The second-order valence-electron chi connectivity index (χ2n) is 4.19. The maximum Gasteiger partial charge on any atom is 0.107 e. The molecular weight excluding hydrogens is 258 g/mol. The molecule has 0 saturated carbocycles. The van der Waals surface area contributed by atoms with Crippen LogP contribution in [0.5, 0.6) is 0 Å². The van der Waals surface area contributed by atoms with Crippen LogP contribution in [0.2, 0.25) is 0 Å². The number of hydrogen-bond acceptors (Lipinski definition) is 5. The van der Waals surface area contributed by atoms with Crippen molar-refractivity contribution in [3.05, 3.63) is 16.1 Å². The molecule has 3 N–H and O–H groups in total. The molecule has 17 heavy (non-hydrogen) atoms. The SMILES string of the molecule is CCc1cnc(CNCC2CNCC2O)s1.Cl. The van der Waals surface area contributed by atoms with Gasteiger partial charge in [-0.2, -0.15) is 0 Å². The number of nitrogens with zero attached hydrogens (tertiary/aromatic N) is 1. The molecule has 0 spiro atoms. The van der Waals surface area contributed by atoms with Gasteiger partial charge in [-0.25, -0.2) is 4.98 Å². The maximum atomic E-state index is 9.61. The standard InChI is InChI=1S/C11H19N3OS.ClH/c1-2-9-5-14-11(16-9)7-13-4-8-3-12-6-10(8)15;/h5,8,10,12-13,15H,2-4,6-7H2,1H3;1H. The molecule has 6 heteroatoms. The minimum atomic E-state index is -0.199. The second kappa shape index (κ2) is 7.28. The number of halogens is 1. The van der Waals surface area contributed by atoms with Crippen molar-refractivity contribution < 1.29 is 5.11 Å². The predicted molar refractivity (Wildman–Crippen MR) is 72.8 cm³/mol. The van der Waals surface area contributed by atoms with E-state index in [-0.39, 0.29) is 18.5 Å². The van der Waals surface area contributed by atoms with Gasteiger partial charge in [0.05, 0.1) is 6.10 Å². The highest BCUT2D eigenvalue weighted by molar-refractivity contribution is 7.11. The van der Waals surface area contributed by atoms with Gasteiger partial charge in [0.25, 0.3) is 0 Å². The van der Waals surface area contributed by atoms with E-state index in [9.17, 15) is 5.11 Å². The van der Waals surface area contributed by atoms with Gasteiger partial charge in [-0.3, -0.25) is 0 Å². The largest absolute Gasteiger partial charge is 0.391 e. The van der Waals surface area contributed by atoms with Crippen LogP contribution in [0.3, 0.4) is 0 Å². The van der Waals surface area contributed by atoms with Gasteiger partial charge in [0, 0.05) is 43.2 Å². The molecule has 2 atom stereocenters. The monoisotopic (exact) mass is 277 g/mol. The minimum Gasteiger partial charge on any atom is -0.391 e. The first-order chi connectivity index (χ1) is 7.79. The summed E-state index contributed by atoms with van der Waals surface area (Å²) in [6.45, 7) is 5.45. The second-order valence-corrected chi connectivity index (χ2v) is 5.39. The highest BCUT2D eigenvalue weighted by Gasteiger charge is 2.24. The number of thiazole rings is 1. The summed E-state index contributed by atoms with van der Waals surface area (Å²) >= 11 is 1.76. The number of hydrogen-bond donors (Lipinski definition) is 3. The summed E-state index contributed by atoms with van der Waals surface area (Å²) in [6.07, 6.45) is 2.81. The first kappa shape index (κ1) is 14.9. The lowest BCUT2D eigenvalue weighted by molar-refractivity contribution is 0.146. The first-order valence-corrected chi connectivity index (χ1v) is 6.64. The Hall–Kier alpha value is -0.200. The Bertz CT molecular complexity index is 334. The molecule has 0 aromatic carbocycles. The molecule has 2 heterocycles. The third-order valence-corrected chi connectivity index (χ3v) is 4.08. The van der Waals surface area contributed by atoms with Crippen molar-refractivity contribution in [1.82, 2.24) is 15.6 Å². The Labute approximate surface area is 112 Å². The van der Waals surface area contributed by atoms with Crippen LogP contribution in [-0.2, 0) is 13.0 Å². The van der Waals surface area contributed by atoms with E-state index in [1.807, 2.05) is 6.20 Å². The molecular formula is C11H20ClN3OS. The van der Waals surface area contributed by atoms with Crippen LogP contribution in [0.15, 0.2) is 6.20 Å².